The maximum absolute atomic E-state index is 10.9. The van der Waals surface area contributed by atoms with Crippen LogP contribution in [0, 0.1) is 6.92 Å². The molecule has 0 aliphatic rings. The summed E-state index contributed by atoms with van der Waals surface area (Å²) in [7, 11) is 0. The highest BCUT2D eigenvalue weighted by Gasteiger charge is 2.02. The molecule has 2 aromatic carbocycles. The van der Waals surface area contributed by atoms with Crippen molar-refractivity contribution < 1.29 is 4.79 Å². The van der Waals surface area contributed by atoms with Crippen molar-refractivity contribution in [2.24, 2.45) is 0 Å². The van der Waals surface area contributed by atoms with Crippen molar-refractivity contribution in [2.45, 2.75) is 23.6 Å². The Hall–Kier alpha value is -1.94. The third kappa shape index (κ3) is 3.76. The van der Waals surface area contributed by atoms with E-state index in [9.17, 15) is 4.79 Å². The highest BCUT2D eigenvalue weighted by Crippen LogP contribution is 2.32. The Bertz CT molecular complexity index is 594. The van der Waals surface area contributed by atoms with E-state index in [-0.39, 0.29) is 5.91 Å². The highest BCUT2D eigenvalue weighted by molar-refractivity contribution is 7.99. The van der Waals surface area contributed by atoms with Gasteiger partial charge < -0.3 is 11.1 Å². The molecule has 0 aromatic heterocycles. The lowest BCUT2D eigenvalue weighted by molar-refractivity contribution is -0.114. The third-order valence-corrected chi connectivity index (χ3v) is 3.78. The molecule has 0 spiro atoms. The van der Waals surface area contributed by atoms with Gasteiger partial charge in [0.25, 0.3) is 0 Å². The first kappa shape index (κ1) is 13.5. The molecule has 98 valence electrons. The Labute approximate surface area is 117 Å². The van der Waals surface area contributed by atoms with Gasteiger partial charge in [-0.2, -0.15) is 0 Å². The molecule has 3 nitrogen and oxygen atoms in total. The number of rotatable bonds is 3. The van der Waals surface area contributed by atoms with Crippen molar-refractivity contribution in [2.75, 3.05) is 11.1 Å². The van der Waals surface area contributed by atoms with Gasteiger partial charge >= 0.3 is 0 Å². The van der Waals surface area contributed by atoms with E-state index in [0.29, 0.717) is 0 Å². The van der Waals surface area contributed by atoms with Crippen LogP contribution < -0.4 is 11.1 Å². The summed E-state index contributed by atoms with van der Waals surface area (Å²) in [6.07, 6.45) is 0. The summed E-state index contributed by atoms with van der Waals surface area (Å²) in [4.78, 5) is 13.2. The molecule has 0 unspecified atom stereocenters. The molecule has 19 heavy (non-hydrogen) atoms. The van der Waals surface area contributed by atoms with E-state index in [1.807, 2.05) is 42.5 Å². The second-order valence-electron chi connectivity index (χ2n) is 4.33. The number of nitrogen functional groups attached to an aromatic ring is 1. The molecule has 0 saturated carbocycles. The zero-order valence-corrected chi connectivity index (χ0v) is 11.8. The predicted octanol–water partition coefficient (Wildman–Crippen LogP) is 3.69. The number of carbonyl (C=O) groups is 1. The third-order valence-electron chi connectivity index (χ3n) is 2.61. The number of aryl methyl sites for hydroxylation is 1. The fourth-order valence-electron chi connectivity index (χ4n) is 1.66. The van der Waals surface area contributed by atoms with Crippen molar-refractivity contribution in [3.05, 3.63) is 48.0 Å². The molecular weight excluding hydrogens is 256 g/mol. The van der Waals surface area contributed by atoms with Crippen molar-refractivity contribution in [3.63, 3.8) is 0 Å². The van der Waals surface area contributed by atoms with Crippen LogP contribution in [0.5, 0.6) is 0 Å². The summed E-state index contributed by atoms with van der Waals surface area (Å²) in [5.74, 6) is -0.0629. The molecule has 0 fully saturated rings. The van der Waals surface area contributed by atoms with Crippen LogP contribution >= 0.6 is 11.8 Å². The first-order valence-electron chi connectivity index (χ1n) is 5.96. The molecule has 3 N–H and O–H groups in total. The maximum atomic E-state index is 10.9. The molecule has 0 heterocycles. The van der Waals surface area contributed by atoms with Gasteiger partial charge in [-0.3, -0.25) is 4.79 Å². The lowest BCUT2D eigenvalue weighted by atomic mass is 10.2. The van der Waals surface area contributed by atoms with E-state index >= 15 is 0 Å². The SMILES string of the molecule is CC(=O)Nc1ccc(Sc2cc(N)ccc2C)cc1. The van der Waals surface area contributed by atoms with Crippen LogP contribution in [0.1, 0.15) is 12.5 Å². The summed E-state index contributed by atoms with van der Waals surface area (Å²) in [5, 5.41) is 2.75. The Morgan fingerprint density at radius 2 is 1.84 bits per heavy atom. The van der Waals surface area contributed by atoms with Gasteiger partial charge in [0.15, 0.2) is 0 Å². The Kier molecular flexibility index (Phi) is 4.12. The van der Waals surface area contributed by atoms with Crippen LogP contribution in [-0.2, 0) is 4.79 Å². The normalized spacial score (nSPS) is 10.2. The molecule has 2 aromatic rings. The summed E-state index contributed by atoms with van der Waals surface area (Å²) in [6, 6.07) is 13.7. The van der Waals surface area contributed by atoms with Gasteiger partial charge in [0.05, 0.1) is 0 Å². The van der Waals surface area contributed by atoms with Gasteiger partial charge in [-0.25, -0.2) is 0 Å². The fourth-order valence-corrected chi connectivity index (χ4v) is 2.61. The van der Waals surface area contributed by atoms with Crippen LogP contribution in [0.25, 0.3) is 0 Å². The zero-order chi connectivity index (χ0) is 13.8. The van der Waals surface area contributed by atoms with Crippen molar-refractivity contribution in [3.8, 4) is 0 Å². The lowest BCUT2D eigenvalue weighted by Crippen LogP contribution is -2.05. The van der Waals surface area contributed by atoms with Crippen molar-refractivity contribution >= 4 is 29.0 Å². The standard InChI is InChI=1S/C15H16N2OS/c1-10-3-4-12(16)9-15(10)19-14-7-5-13(6-8-14)17-11(2)18/h3-9H,16H2,1-2H3,(H,17,18). The van der Waals surface area contributed by atoms with Gasteiger partial charge in [-0.1, -0.05) is 17.8 Å². The van der Waals surface area contributed by atoms with E-state index in [2.05, 4.69) is 12.2 Å². The van der Waals surface area contributed by atoms with Gasteiger partial charge in [0.2, 0.25) is 5.91 Å². The number of anilines is 2. The summed E-state index contributed by atoms with van der Waals surface area (Å²) in [5.41, 5.74) is 8.57. The number of carbonyl (C=O) groups excluding carboxylic acids is 1. The van der Waals surface area contributed by atoms with Crippen LogP contribution in [0.3, 0.4) is 0 Å². The Morgan fingerprint density at radius 1 is 1.16 bits per heavy atom. The monoisotopic (exact) mass is 272 g/mol. The minimum absolute atomic E-state index is 0.0629. The van der Waals surface area contributed by atoms with E-state index in [1.165, 1.54) is 12.5 Å². The second kappa shape index (κ2) is 5.80. The van der Waals surface area contributed by atoms with Crippen molar-refractivity contribution in [1.29, 1.82) is 0 Å². The zero-order valence-electron chi connectivity index (χ0n) is 10.9. The Balaban J connectivity index is 2.15. The average Bonchev–Trinajstić information content (AvgIpc) is 2.35. The van der Waals surface area contributed by atoms with E-state index < -0.39 is 0 Å². The van der Waals surface area contributed by atoms with Gasteiger partial charge in [-0.05, 0) is 48.9 Å². The summed E-state index contributed by atoms with van der Waals surface area (Å²) >= 11 is 1.66. The first-order valence-corrected chi connectivity index (χ1v) is 6.78. The lowest BCUT2D eigenvalue weighted by Gasteiger charge is -2.07. The smallest absolute Gasteiger partial charge is 0.221 e. The fraction of sp³-hybridized carbons (Fsp3) is 0.133. The quantitative estimate of drug-likeness (QED) is 0.838. The van der Waals surface area contributed by atoms with Crippen molar-refractivity contribution in [1.82, 2.24) is 0 Å². The average molecular weight is 272 g/mol. The molecule has 0 radical (unpaired) electrons. The minimum Gasteiger partial charge on any atom is -0.399 e. The van der Waals surface area contributed by atoms with E-state index in [0.717, 1.165) is 21.2 Å². The van der Waals surface area contributed by atoms with Crippen LogP contribution in [-0.4, -0.2) is 5.91 Å². The number of benzene rings is 2. The molecule has 0 atom stereocenters. The highest BCUT2D eigenvalue weighted by atomic mass is 32.2. The number of nitrogens with one attached hydrogen (secondary N) is 1. The number of nitrogens with two attached hydrogens (primary N) is 1. The molecule has 2 rings (SSSR count). The van der Waals surface area contributed by atoms with Gasteiger partial charge in [-0.15, -0.1) is 0 Å². The molecule has 0 saturated heterocycles. The molecular formula is C15H16N2OS. The minimum atomic E-state index is -0.0629. The van der Waals surface area contributed by atoms with Gasteiger partial charge in [0.1, 0.15) is 0 Å². The number of amides is 1. The molecule has 0 bridgehead atoms. The molecule has 1 amide bonds. The van der Waals surface area contributed by atoms with Crippen LogP contribution in [0.2, 0.25) is 0 Å². The molecule has 0 aliphatic carbocycles. The van der Waals surface area contributed by atoms with E-state index in [1.54, 1.807) is 11.8 Å². The second-order valence-corrected chi connectivity index (χ2v) is 5.45. The van der Waals surface area contributed by atoms with Crippen LogP contribution in [0.4, 0.5) is 11.4 Å². The maximum Gasteiger partial charge on any atom is 0.221 e. The topological polar surface area (TPSA) is 55.1 Å². The Morgan fingerprint density at radius 3 is 2.47 bits per heavy atom. The largest absolute Gasteiger partial charge is 0.399 e. The number of hydrogen-bond donors (Lipinski definition) is 2. The number of hydrogen-bond acceptors (Lipinski definition) is 3. The predicted molar refractivity (Wildman–Crippen MR) is 80.5 cm³/mol. The first-order chi connectivity index (χ1) is 9.04. The molecule has 0 aliphatic heterocycles. The van der Waals surface area contributed by atoms with Crippen LogP contribution in [0.15, 0.2) is 52.3 Å². The summed E-state index contributed by atoms with van der Waals surface area (Å²) < 4.78 is 0. The summed E-state index contributed by atoms with van der Waals surface area (Å²) in [6.45, 7) is 3.56. The van der Waals surface area contributed by atoms with E-state index in [4.69, 9.17) is 5.73 Å². The van der Waals surface area contributed by atoms with Gasteiger partial charge in [0, 0.05) is 28.1 Å². The molecule has 4 heteroatoms.